The zero-order chi connectivity index (χ0) is 19.5. The van der Waals surface area contributed by atoms with Crippen LogP contribution in [0.4, 0.5) is 5.69 Å². The second-order valence-electron chi connectivity index (χ2n) is 5.92. The van der Waals surface area contributed by atoms with Crippen LogP contribution in [0.2, 0.25) is 10.0 Å². The molecule has 0 radical (unpaired) electrons. The fourth-order valence-electron chi connectivity index (χ4n) is 2.61. The van der Waals surface area contributed by atoms with E-state index in [-0.39, 0.29) is 5.91 Å². The van der Waals surface area contributed by atoms with Crippen LogP contribution in [0.15, 0.2) is 72.2 Å². The van der Waals surface area contributed by atoms with E-state index in [0.29, 0.717) is 21.3 Å². The number of rotatable bonds is 4. The molecule has 7 heteroatoms. The standard InChI is InChI=1S/C21H13Cl2N3OS/c22-16-8-7-14(11-17(16)23)20(27)25-15-5-3-4-13(10-15)19-12-28-21(26-19)18-6-1-2-9-24-18/h1-12H,(H,25,27). The van der Waals surface area contributed by atoms with Gasteiger partial charge in [0.05, 0.1) is 21.4 Å². The molecule has 2 aromatic carbocycles. The number of pyridine rings is 1. The summed E-state index contributed by atoms with van der Waals surface area (Å²) in [5.41, 5.74) is 3.68. The van der Waals surface area contributed by atoms with Crippen molar-refractivity contribution in [3.8, 4) is 22.0 Å². The lowest BCUT2D eigenvalue weighted by Crippen LogP contribution is -2.11. The molecule has 0 bridgehead atoms. The summed E-state index contributed by atoms with van der Waals surface area (Å²) >= 11 is 13.4. The fraction of sp³-hybridized carbons (Fsp3) is 0. The Balaban J connectivity index is 1.56. The molecule has 0 atom stereocenters. The molecule has 0 unspecified atom stereocenters. The van der Waals surface area contributed by atoms with Gasteiger partial charge in [0.25, 0.3) is 5.91 Å². The number of carbonyl (C=O) groups excluding carboxylic acids is 1. The largest absolute Gasteiger partial charge is 0.322 e. The van der Waals surface area contributed by atoms with Crippen LogP contribution in [-0.2, 0) is 0 Å². The van der Waals surface area contributed by atoms with Crippen molar-refractivity contribution in [3.63, 3.8) is 0 Å². The van der Waals surface area contributed by atoms with E-state index in [9.17, 15) is 4.79 Å². The molecule has 0 saturated carbocycles. The quantitative estimate of drug-likeness (QED) is 0.409. The zero-order valence-corrected chi connectivity index (χ0v) is 16.7. The van der Waals surface area contributed by atoms with E-state index in [0.717, 1.165) is 22.0 Å². The Bertz CT molecular complexity index is 1150. The van der Waals surface area contributed by atoms with Gasteiger partial charge < -0.3 is 5.32 Å². The minimum Gasteiger partial charge on any atom is -0.322 e. The van der Waals surface area contributed by atoms with Gasteiger partial charge in [-0.25, -0.2) is 4.98 Å². The van der Waals surface area contributed by atoms with Crippen LogP contribution in [0.25, 0.3) is 22.0 Å². The fourth-order valence-corrected chi connectivity index (χ4v) is 3.71. The first-order valence-electron chi connectivity index (χ1n) is 8.34. The number of thiazole rings is 1. The van der Waals surface area contributed by atoms with E-state index in [1.807, 2.05) is 47.8 Å². The van der Waals surface area contributed by atoms with Crippen molar-refractivity contribution in [3.05, 3.63) is 87.8 Å². The minimum atomic E-state index is -0.261. The number of aromatic nitrogens is 2. The lowest BCUT2D eigenvalue weighted by atomic mass is 10.1. The first-order valence-corrected chi connectivity index (χ1v) is 9.97. The van der Waals surface area contributed by atoms with E-state index in [2.05, 4.69) is 15.3 Å². The number of benzene rings is 2. The normalized spacial score (nSPS) is 10.6. The van der Waals surface area contributed by atoms with Gasteiger partial charge in [-0.3, -0.25) is 9.78 Å². The molecule has 1 amide bonds. The van der Waals surface area contributed by atoms with Crippen LogP contribution in [0.3, 0.4) is 0 Å². The van der Waals surface area contributed by atoms with Crippen molar-refractivity contribution in [2.45, 2.75) is 0 Å². The highest BCUT2D eigenvalue weighted by molar-refractivity contribution is 7.13. The topological polar surface area (TPSA) is 54.9 Å². The van der Waals surface area contributed by atoms with Crippen LogP contribution >= 0.6 is 34.5 Å². The van der Waals surface area contributed by atoms with Crippen molar-refractivity contribution < 1.29 is 4.79 Å². The number of nitrogens with one attached hydrogen (secondary N) is 1. The molecule has 0 spiro atoms. The van der Waals surface area contributed by atoms with Gasteiger partial charge in [0, 0.05) is 28.4 Å². The molecule has 0 aliphatic rings. The predicted molar refractivity (Wildman–Crippen MR) is 115 cm³/mol. The SMILES string of the molecule is O=C(Nc1cccc(-c2csc(-c3ccccn3)n2)c1)c1ccc(Cl)c(Cl)c1. The molecule has 138 valence electrons. The van der Waals surface area contributed by atoms with Gasteiger partial charge >= 0.3 is 0 Å². The maximum Gasteiger partial charge on any atom is 0.255 e. The average Bonchev–Trinajstić information content (AvgIpc) is 3.21. The molecule has 1 N–H and O–H groups in total. The highest BCUT2D eigenvalue weighted by Crippen LogP contribution is 2.29. The number of nitrogens with zero attached hydrogens (tertiary/aromatic N) is 2. The number of hydrogen-bond donors (Lipinski definition) is 1. The third-order valence-electron chi connectivity index (χ3n) is 3.99. The first-order chi connectivity index (χ1) is 13.6. The van der Waals surface area contributed by atoms with Crippen molar-refractivity contribution >= 4 is 46.1 Å². The molecule has 4 aromatic rings. The molecule has 0 aliphatic carbocycles. The van der Waals surface area contributed by atoms with Gasteiger partial charge in [-0.1, -0.05) is 41.4 Å². The Morgan fingerprint density at radius 1 is 0.929 bits per heavy atom. The van der Waals surface area contributed by atoms with E-state index in [1.54, 1.807) is 24.4 Å². The Labute approximate surface area is 175 Å². The lowest BCUT2D eigenvalue weighted by molar-refractivity contribution is 0.102. The van der Waals surface area contributed by atoms with Gasteiger partial charge in [-0.05, 0) is 42.5 Å². The van der Waals surface area contributed by atoms with E-state index >= 15 is 0 Å². The summed E-state index contributed by atoms with van der Waals surface area (Å²) in [7, 11) is 0. The molecular formula is C21H13Cl2N3OS. The molecule has 0 aliphatic heterocycles. The summed E-state index contributed by atoms with van der Waals surface area (Å²) in [5, 5.41) is 6.45. The number of halogens is 2. The number of hydrogen-bond acceptors (Lipinski definition) is 4. The third kappa shape index (κ3) is 4.07. The maximum absolute atomic E-state index is 12.5. The molecule has 0 fully saturated rings. The molecule has 2 aromatic heterocycles. The van der Waals surface area contributed by atoms with Crippen molar-refractivity contribution in [2.24, 2.45) is 0 Å². The number of anilines is 1. The average molecular weight is 426 g/mol. The van der Waals surface area contributed by atoms with Crippen LogP contribution in [0.5, 0.6) is 0 Å². The molecule has 0 saturated heterocycles. The van der Waals surface area contributed by atoms with Gasteiger partial charge in [0.2, 0.25) is 0 Å². The number of amides is 1. The Hall–Kier alpha value is -2.73. The maximum atomic E-state index is 12.5. The van der Waals surface area contributed by atoms with Crippen LogP contribution in [0, 0.1) is 0 Å². The summed E-state index contributed by atoms with van der Waals surface area (Å²) in [5.74, 6) is -0.261. The smallest absolute Gasteiger partial charge is 0.255 e. The Morgan fingerprint density at radius 3 is 2.61 bits per heavy atom. The summed E-state index contributed by atoms with van der Waals surface area (Å²) in [6.45, 7) is 0. The van der Waals surface area contributed by atoms with E-state index in [1.165, 1.54) is 11.3 Å². The molecule has 28 heavy (non-hydrogen) atoms. The van der Waals surface area contributed by atoms with Crippen molar-refractivity contribution in [2.75, 3.05) is 5.32 Å². The van der Waals surface area contributed by atoms with Crippen molar-refractivity contribution in [1.82, 2.24) is 9.97 Å². The van der Waals surface area contributed by atoms with Crippen LogP contribution in [0.1, 0.15) is 10.4 Å². The lowest BCUT2D eigenvalue weighted by Gasteiger charge is -2.07. The second-order valence-corrected chi connectivity index (χ2v) is 7.59. The van der Waals surface area contributed by atoms with Gasteiger partial charge in [-0.2, -0.15) is 0 Å². The van der Waals surface area contributed by atoms with Crippen LogP contribution in [-0.4, -0.2) is 15.9 Å². The summed E-state index contributed by atoms with van der Waals surface area (Å²) in [4.78, 5) is 21.5. The highest BCUT2D eigenvalue weighted by Gasteiger charge is 2.11. The van der Waals surface area contributed by atoms with Gasteiger partial charge in [-0.15, -0.1) is 11.3 Å². The summed E-state index contributed by atoms with van der Waals surface area (Å²) in [6.07, 6.45) is 1.75. The predicted octanol–water partition coefficient (Wildman–Crippen LogP) is 6.43. The Morgan fingerprint density at radius 2 is 1.82 bits per heavy atom. The monoisotopic (exact) mass is 425 g/mol. The number of carbonyl (C=O) groups is 1. The summed E-state index contributed by atoms with van der Waals surface area (Å²) in [6, 6.07) is 18.0. The third-order valence-corrected chi connectivity index (χ3v) is 5.59. The molecule has 4 rings (SSSR count). The van der Waals surface area contributed by atoms with E-state index < -0.39 is 0 Å². The molecule has 2 heterocycles. The summed E-state index contributed by atoms with van der Waals surface area (Å²) < 4.78 is 0. The second kappa shape index (κ2) is 8.10. The molecule has 4 nitrogen and oxygen atoms in total. The first kappa shape index (κ1) is 18.6. The van der Waals surface area contributed by atoms with Crippen LogP contribution < -0.4 is 5.32 Å². The Kier molecular flexibility index (Phi) is 5.39. The highest BCUT2D eigenvalue weighted by atomic mass is 35.5. The van der Waals surface area contributed by atoms with Crippen molar-refractivity contribution in [1.29, 1.82) is 0 Å². The minimum absolute atomic E-state index is 0.261. The van der Waals surface area contributed by atoms with E-state index in [4.69, 9.17) is 23.2 Å². The van der Waals surface area contributed by atoms with Gasteiger partial charge in [0.1, 0.15) is 5.01 Å². The molecular weight excluding hydrogens is 413 g/mol. The zero-order valence-electron chi connectivity index (χ0n) is 14.4. The van der Waals surface area contributed by atoms with Gasteiger partial charge in [0.15, 0.2) is 0 Å².